The van der Waals surface area contributed by atoms with Crippen molar-refractivity contribution in [1.29, 1.82) is 0 Å². The van der Waals surface area contributed by atoms with Gasteiger partial charge in [-0.25, -0.2) is 0 Å². The molecule has 0 spiro atoms. The quantitative estimate of drug-likeness (QED) is 0.595. The van der Waals surface area contributed by atoms with E-state index in [0.29, 0.717) is 47.6 Å². The Morgan fingerprint density at radius 1 is 1.03 bits per heavy atom. The van der Waals surface area contributed by atoms with Crippen molar-refractivity contribution in [3.05, 3.63) is 48.0 Å². The fourth-order valence-corrected chi connectivity index (χ4v) is 3.74. The van der Waals surface area contributed by atoms with Gasteiger partial charge < -0.3 is 23.6 Å². The highest BCUT2D eigenvalue weighted by atomic mass is 16.5. The fourth-order valence-electron chi connectivity index (χ4n) is 3.74. The maximum atomic E-state index is 13.1. The Balaban J connectivity index is 1.44. The molecular formula is C22H24N4O5. The molecule has 4 rings (SSSR count). The highest BCUT2D eigenvalue weighted by Gasteiger charge is 2.29. The van der Waals surface area contributed by atoms with Crippen molar-refractivity contribution in [2.24, 2.45) is 0 Å². The number of rotatable bonds is 6. The van der Waals surface area contributed by atoms with Crippen LogP contribution in [0.1, 0.15) is 34.9 Å². The number of likely N-dealkylation sites (tertiary alicyclic amines) is 1. The Morgan fingerprint density at radius 2 is 1.68 bits per heavy atom. The van der Waals surface area contributed by atoms with Crippen molar-refractivity contribution in [2.45, 2.75) is 18.8 Å². The summed E-state index contributed by atoms with van der Waals surface area (Å²) < 4.78 is 21.5. The van der Waals surface area contributed by atoms with Crippen LogP contribution in [0.25, 0.3) is 11.5 Å². The summed E-state index contributed by atoms with van der Waals surface area (Å²) in [4.78, 5) is 23.4. The number of amides is 1. The van der Waals surface area contributed by atoms with Crippen molar-refractivity contribution >= 4 is 5.91 Å². The van der Waals surface area contributed by atoms with E-state index in [0.717, 1.165) is 18.4 Å². The summed E-state index contributed by atoms with van der Waals surface area (Å²) >= 11 is 0. The largest absolute Gasteiger partial charge is 0.493 e. The number of nitrogens with zero attached hydrogens (tertiary/aromatic N) is 4. The van der Waals surface area contributed by atoms with E-state index >= 15 is 0 Å². The third-order valence-electron chi connectivity index (χ3n) is 5.43. The van der Waals surface area contributed by atoms with Crippen LogP contribution in [0.5, 0.6) is 17.2 Å². The number of carbonyl (C=O) groups is 1. The molecular weight excluding hydrogens is 400 g/mol. The zero-order valence-corrected chi connectivity index (χ0v) is 17.7. The van der Waals surface area contributed by atoms with Crippen LogP contribution in [0.15, 0.2) is 41.2 Å². The van der Waals surface area contributed by atoms with Gasteiger partial charge in [-0.15, -0.1) is 0 Å². The van der Waals surface area contributed by atoms with Gasteiger partial charge in [0.2, 0.25) is 5.75 Å². The highest BCUT2D eigenvalue weighted by molar-refractivity contribution is 5.95. The number of piperidine rings is 1. The van der Waals surface area contributed by atoms with Gasteiger partial charge in [0.15, 0.2) is 17.3 Å². The van der Waals surface area contributed by atoms with Crippen LogP contribution in [0, 0.1) is 0 Å². The molecule has 3 aromatic rings. The molecule has 1 aliphatic rings. The van der Waals surface area contributed by atoms with E-state index in [1.54, 1.807) is 24.5 Å². The van der Waals surface area contributed by atoms with E-state index in [4.69, 9.17) is 18.7 Å². The van der Waals surface area contributed by atoms with Gasteiger partial charge in [-0.1, -0.05) is 5.16 Å². The summed E-state index contributed by atoms with van der Waals surface area (Å²) in [6, 6.07) is 7.01. The molecule has 0 radical (unpaired) electrons. The molecule has 9 heteroatoms. The molecule has 1 fully saturated rings. The van der Waals surface area contributed by atoms with E-state index in [1.165, 1.54) is 21.3 Å². The number of hydrogen-bond acceptors (Lipinski definition) is 8. The first-order valence-corrected chi connectivity index (χ1v) is 9.98. The Kier molecular flexibility index (Phi) is 6.01. The number of aromatic nitrogens is 3. The summed E-state index contributed by atoms with van der Waals surface area (Å²) in [5, 5.41) is 4.15. The number of carbonyl (C=O) groups excluding carboxylic acids is 1. The molecule has 1 amide bonds. The maximum absolute atomic E-state index is 13.1. The lowest BCUT2D eigenvalue weighted by atomic mass is 9.95. The summed E-state index contributed by atoms with van der Waals surface area (Å²) in [5.74, 6) is 2.58. The lowest BCUT2D eigenvalue weighted by molar-refractivity contribution is 0.0709. The smallest absolute Gasteiger partial charge is 0.258 e. The fraction of sp³-hybridized carbons (Fsp3) is 0.364. The zero-order valence-electron chi connectivity index (χ0n) is 17.7. The number of benzene rings is 1. The summed E-state index contributed by atoms with van der Waals surface area (Å²) in [5.41, 5.74) is 1.33. The molecule has 2 aromatic heterocycles. The predicted molar refractivity (Wildman–Crippen MR) is 112 cm³/mol. The molecule has 0 bridgehead atoms. The molecule has 0 unspecified atom stereocenters. The molecule has 9 nitrogen and oxygen atoms in total. The monoisotopic (exact) mass is 424 g/mol. The number of ether oxygens (including phenoxy) is 3. The molecule has 31 heavy (non-hydrogen) atoms. The van der Waals surface area contributed by atoms with Crippen LogP contribution in [-0.2, 0) is 0 Å². The maximum Gasteiger partial charge on any atom is 0.258 e. The topological polar surface area (TPSA) is 99.8 Å². The zero-order chi connectivity index (χ0) is 21.8. The normalized spacial score (nSPS) is 14.4. The predicted octanol–water partition coefficient (Wildman–Crippen LogP) is 3.18. The minimum atomic E-state index is -0.0803. The van der Waals surface area contributed by atoms with Crippen LogP contribution in [0.4, 0.5) is 0 Å². The van der Waals surface area contributed by atoms with Crippen LogP contribution in [0.3, 0.4) is 0 Å². The van der Waals surface area contributed by atoms with Gasteiger partial charge in [0.1, 0.15) is 0 Å². The summed E-state index contributed by atoms with van der Waals surface area (Å²) in [6.07, 6.45) is 4.88. The molecule has 0 atom stereocenters. The van der Waals surface area contributed by atoms with Gasteiger partial charge in [-0.3, -0.25) is 9.78 Å². The van der Waals surface area contributed by atoms with Gasteiger partial charge in [-0.2, -0.15) is 4.98 Å². The molecule has 3 heterocycles. The Morgan fingerprint density at radius 3 is 2.26 bits per heavy atom. The molecule has 1 aliphatic heterocycles. The lowest BCUT2D eigenvalue weighted by Gasteiger charge is -2.31. The van der Waals surface area contributed by atoms with E-state index in [2.05, 4.69) is 15.1 Å². The average Bonchev–Trinajstić information content (AvgIpc) is 3.33. The standard InChI is InChI=1S/C22H24N4O5/c1-28-17-12-16(13-18(29-2)19(17)30-3)22(27)26-10-6-14(7-11-26)20-24-21(31-25-20)15-4-8-23-9-5-15/h4-5,8-9,12-14H,6-7,10-11H2,1-3H3. The minimum Gasteiger partial charge on any atom is -0.493 e. The van der Waals surface area contributed by atoms with Crippen LogP contribution >= 0.6 is 0 Å². The van der Waals surface area contributed by atoms with Gasteiger partial charge in [0.05, 0.1) is 21.3 Å². The van der Waals surface area contributed by atoms with Gasteiger partial charge >= 0.3 is 0 Å². The lowest BCUT2D eigenvalue weighted by Crippen LogP contribution is -2.38. The number of methoxy groups -OCH3 is 3. The number of hydrogen-bond donors (Lipinski definition) is 0. The van der Waals surface area contributed by atoms with E-state index in [9.17, 15) is 4.79 Å². The van der Waals surface area contributed by atoms with Gasteiger partial charge in [0.25, 0.3) is 11.8 Å². The third kappa shape index (κ3) is 4.16. The van der Waals surface area contributed by atoms with Crippen molar-refractivity contribution < 1.29 is 23.5 Å². The highest BCUT2D eigenvalue weighted by Crippen LogP contribution is 2.39. The first-order valence-electron chi connectivity index (χ1n) is 9.98. The van der Waals surface area contributed by atoms with Crippen LogP contribution in [0.2, 0.25) is 0 Å². The van der Waals surface area contributed by atoms with E-state index in [1.807, 2.05) is 17.0 Å². The molecule has 162 valence electrons. The van der Waals surface area contributed by atoms with Crippen LogP contribution in [-0.4, -0.2) is 60.4 Å². The van der Waals surface area contributed by atoms with Crippen molar-refractivity contribution in [3.8, 4) is 28.7 Å². The second-order valence-corrected chi connectivity index (χ2v) is 7.17. The third-order valence-corrected chi connectivity index (χ3v) is 5.43. The summed E-state index contributed by atoms with van der Waals surface area (Å²) in [6.45, 7) is 1.19. The molecule has 0 saturated carbocycles. The first-order chi connectivity index (χ1) is 15.1. The van der Waals surface area contributed by atoms with Crippen molar-refractivity contribution in [2.75, 3.05) is 34.4 Å². The van der Waals surface area contributed by atoms with E-state index in [-0.39, 0.29) is 11.8 Å². The Labute approximate surface area is 179 Å². The van der Waals surface area contributed by atoms with Gasteiger partial charge in [-0.05, 0) is 37.1 Å². The van der Waals surface area contributed by atoms with Crippen molar-refractivity contribution in [1.82, 2.24) is 20.0 Å². The Hall–Kier alpha value is -3.62. The molecule has 1 saturated heterocycles. The second kappa shape index (κ2) is 9.03. The Bertz CT molecular complexity index is 1020. The average molecular weight is 424 g/mol. The molecule has 1 aromatic carbocycles. The molecule has 0 aliphatic carbocycles. The second-order valence-electron chi connectivity index (χ2n) is 7.17. The molecule has 0 N–H and O–H groups in total. The van der Waals surface area contributed by atoms with Gasteiger partial charge in [0, 0.05) is 42.5 Å². The number of pyridine rings is 1. The SMILES string of the molecule is COc1cc(C(=O)N2CCC(c3noc(-c4ccncc4)n3)CC2)cc(OC)c1OC. The summed E-state index contributed by atoms with van der Waals surface area (Å²) in [7, 11) is 4.59. The van der Waals surface area contributed by atoms with Crippen LogP contribution < -0.4 is 14.2 Å². The first kappa shape index (κ1) is 20.6. The minimum absolute atomic E-state index is 0.0803. The van der Waals surface area contributed by atoms with Crippen molar-refractivity contribution in [3.63, 3.8) is 0 Å². The van der Waals surface area contributed by atoms with E-state index < -0.39 is 0 Å².